The normalized spacial score (nSPS) is 10.7. The minimum absolute atomic E-state index is 0.571. The number of nitrogens with zero attached hydrogens (tertiary/aromatic N) is 3. The Hall–Kier alpha value is -2.69. The molecular weight excluding hydrogens is 252 g/mol. The Morgan fingerprint density at radius 3 is 2.95 bits per heavy atom. The standard InChI is InChI=1S/C15H14N4O/c1-10-9-17-6-5-13(10)15-18-14(20-19-15)8-11-3-2-4-12(16)7-11/h2-7,9H,8,16H2,1H3. The molecule has 0 aliphatic heterocycles. The molecule has 2 heterocycles. The maximum Gasteiger partial charge on any atom is 0.231 e. The van der Waals surface area contributed by atoms with E-state index in [1.54, 1.807) is 12.4 Å². The van der Waals surface area contributed by atoms with Gasteiger partial charge in [0, 0.05) is 23.6 Å². The molecule has 2 N–H and O–H groups in total. The average molecular weight is 266 g/mol. The van der Waals surface area contributed by atoms with E-state index in [-0.39, 0.29) is 0 Å². The van der Waals surface area contributed by atoms with Gasteiger partial charge in [0.25, 0.3) is 0 Å². The van der Waals surface area contributed by atoms with Gasteiger partial charge in [-0.25, -0.2) is 0 Å². The molecule has 0 spiro atoms. The number of benzene rings is 1. The smallest absolute Gasteiger partial charge is 0.231 e. The minimum Gasteiger partial charge on any atom is -0.399 e. The fourth-order valence-electron chi connectivity index (χ4n) is 2.04. The Labute approximate surface area is 116 Å². The number of pyridine rings is 1. The lowest BCUT2D eigenvalue weighted by atomic mass is 10.1. The fourth-order valence-corrected chi connectivity index (χ4v) is 2.04. The number of nitrogens with two attached hydrogens (primary N) is 1. The predicted molar refractivity (Wildman–Crippen MR) is 75.9 cm³/mol. The van der Waals surface area contributed by atoms with Crippen molar-refractivity contribution in [1.29, 1.82) is 0 Å². The van der Waals surface area contributed by atoms with E-state index < -0.39 is 0 Å². The Morgan fingerprint density at radius 2 is 2.15 bits per heavy atom. The van der Waals surface area contributed by atoms with Gasteiger partial charge >= 0.3 is 0 Å². The van der Waals surface area contributed by atoms with Gasteiger partial charge in [0.05, 0.1) is 6.42 Å². The molecule has 0 aliphatic rings. The number of hydrogen-bond acceptors (Lipinski definition) is 5. The minimum atomic E-state index is 0.571. The highest BCUT2D eigenvalue weighted by molar-refractivity contribution is 5.58. The van der Waals surface area contributed by atoms with Gasteiger partial charge in [-0.1, -0.05) is 17.3 Å². The third-order valence-electron chi connectivity index (χ3n) is 3.04. The van der Waals surface area contributed by atoms with E-state index in [2.05, 4.69) is 15.1 Å². The zero-order chi connectivity index (χ0) is 13.9. The van der Waals surface area contributed by atoms with Crippen LogP contribution in [0.25, 0.3) is 11.4 Å². The SMILES string of the molecule is Cc1cnccc1-c1noc(Cc2cccc(N)c2)n1. The van der Waals surface area contributed by atoms with Crippen molar-refractivity contribution in [3.8, 4) is 11.4 Å². The van der Waals surface area contributed by atoms with E-state index in [9.17, 15) is 0 Å². The van der Waals surface area contributed by atoms with Gasteiger partial charge < -0.3 is 10.3 Å². The van der Waals surface area contributed by atoms with Gasteiger partial charge in [0.2, 0.25) is 11.7 Å². The second-order valence-corrected chi connectivity index (χ2v) is 4.62. The molecule has 0 saturated carbocycles. The Kier molecular flexibility index (Phi) is 3.16. The van der Waals surface area contributed by atoms with Gasteiger partial charge in [0.1, 0.15) is 0 Å². The summed E-state index contributed by atoms with van der Waals surface area (Å²) < 4.78 is 5.30. The van der Waals surface area contributed by atoms with Crippen LogP contribution in [0, 0.1) is 6.92 Å². The molecule has 2 aromatic heterocycles. The van der Waals surface area contributed by atoms with E-state index in [0.29, 0.717) is 18.1 Å². The summed E-state index contributed by atoms with van der Waals surface area (Å²) in [6.07, 6.45) is 4.07. The predicted octanol–water partition coefficient (Wildman–Crippen LogP) is 2.61. The van der Waals surface area contributed by atoms with Crippen LogP contribution in [0.5, 0.6) is 0 Å². The zero-order valence-electron chi connectivity index (χ0n) is 11.1. The highest BCUT2D eigenvalue weighted by Gasteiger charge is 2.11. The topological polar surface area (TPSA) is 77.8 Å². The van der Waals surface area contributed by atoms with Crippen molar-refractivity contribution < 1.29 is 4.52 Å². The summed E-state index contributed by atoms with van der Waals surface area (Å²) in [6, 6.07) is 9.53. The Morgan fingerprint density at radius 1 is 1.25 bits per heavy atom. The lowest BCUT2D eigenvalue weighted by Gasteiger charge is -1.98. The van der Waals surface area contributed by atoms with Crippen LogP contribution < -0.4 is 5.73 Å². The summed E-state index contributed by atoms with van der Waals surface area (Å²) in [6.45, 7) is 1.97. The number of hydrogen-bond donors (Lipinski definition) is 1. The largest absolute Gasteiger partial charge is 0.399 e. The molecule has 0 fully saturated rings. The number of aryl methyl sites for hydroxylation is 1. The van der Waals surface area contributed by atoms with Crippen LogP contribution in [-0.4, -0.2) is 15.1 Å². The van der Waals surface area contributed by atoms with E-state index in [1.165, 1.54) is 0 Å². The van der Waals surface area contributed by atoms with Crippen molar-refractivity contribution >= 4 is 5.69 Å². The first kappa shape index (κ1) is 12.3. The third kappa shape index (κ3) is 2.51. The molecule has 0 aliphatic carbocycles. The van der Waals surface area contributed by atoms with E-state index in [4.69, 9.17) is 10.3 Å². The molecule has 5 nitrogen and oxygen atoms in total. The van der Waals surface area contributed by atoms with Crippen LogP contribution in [0.2, 0.25) is 0 Å². The zero-order valence-corrected chi connectivity index (χ0v) is 11.1. The fraction of sp³-hybridized carbons (Fsp3) is 0.133. The summed E-state index contributed by atoms with van der Waals surface area (Å²) in [4.78, 5) is 8.47. The maximum atomic E-state index is 5.75. The van der Waals surface area contributed by atoms with Crippen LogP contribution >= 0.6 is 0 Å². The maximum absolute atomic E-state index is 5.75. The van der Waals surface area contributed by atoms with Gasteiger partial charge in [0.15, 0.2) is 0 Å². The molecule has 20 heavy (non-hydrogen) atoms. The third-order valence-corrected chi connectivity index (χ3v) is 3.04. The first-order chi connectivity index (χ1) is 9.72. The summed E-state index contributed by atoms with van der Waals surface area (Å²) in [7, 11) is 0. The van der Waals surface area contributed by atoms with Crippen LogP contribution in [-0.2, 0) is 6.42 Å². The first-order valence-corrected chi connectivity index (χ1v) is 6.30. The lowest BCUT2D eigenvalue weighted by molar-refractivity contribution is 0.385. The number of aromatic nitrogens is 3. The molecule has 5 heteroatoms. The van der Waals surface area contributed by atoms with Crippen LogP contribution in [0.4, 0.5) is 5.69 Å². The number of nitrogen functional groups attached to an aromatic ring is 1. The first-order valence-electron chi connectivity index (χ1n) is 6.30. The molecule has 0 amide bonds. The molecule has 3 rings (SSSR count). The van der Waals surface area contributed by atoms with Crippen molar-refractivity contribution in [2.45, 2.75) is 13.3 Å². The van der Waals surface area contributed by atoms with Crippen molar-refractivity contribution in [1.82, 2.24) is 15.1 Å². The van der Waals surface area contributed by atoms with E-state index in [1.807, 2.05) is 37.3 Å². The highest BCUT2D eigenvalue weighted by atomic mass is 16.5. The van der Waals surface area contributed by atoms with Crippen LogP contribution in [0.15, 0.2) is 47.2 Å². The van der Waals surface area contributed by atoms with Crippen molar-refractivity contribution in [3.05, 3.63) is 59.7 Å². The van der Waals surface area contributed by atoms with Crippen molar-refractivity contribution in [2.75, 3.05) is 5.73 Å². The molecule has 0 unspecified atom stereocenters. The molecule has 0 bridgehead atoms. The average Bonchev–Trinajstić information content (AvgIpc) is 2.87. The molecule has 3 aromatic rings. The van der Waals surface area contributed by atoms with Gasteiger partial charge in [-0.2, -0.15) is 4.98 Å². The monoisotopic (exact) mass is 266 g/mol. The second-order valence-electron chi connectivity index (χ2n) is 4.62. The van der Waals surface area contributed by atoms with E-state index >= 15 is 0 Å². The molecule has 100 valence electrons. The summed E-state index contributed by atoms with van der Waals surface area (Å²) >= 11 is 0. The molecule has 0 atom stereocenters. The Bertz CT molecular complexity index is 736. The van der Waals surface area contributed by atoms with Crippen molar-refractivity contribution in [3.63, 3.8) is 0 Å². The Balaban J connectivity index is 1.86. The quantitative estimate of drug-likeness (QED) is 0.737. The number of rotatable bonds is 3. The van der Waals surface area contributed by atoms with Gasteiger partial charge in [-0.15, -0.1) is 0 Å². The lowest BCUT2D eigenvalue weighted by Crippen LogP contribution is -1.91. The second kappa shape index (κ2) is 5.13. The molecule has 0 radical (unpaired) electrons. The number of anilines is 1. The molecular formula is C15H14N4O. The summed E-state index contributed by atoms with van der Waals surface area (Å²) in [5.74, 6) is 1.16. The van der Waals surface area contributed by atoms with Crippen molar-refractivity contribution in [2.24, 2.45) is 0 Å². The van der Waals surface area contributed by atoms with E-state index in [0.717, 1.165) is 22.4 Å². The summed E-state index contributed by atoms with van der Waals surface area (Å²) in [5, 5.41) is 4.02. The summed E-state index contributed by atoms with van der Waals surface area (Å²) in [5.41, 5.74) is 9.48. The van der Waals surface area contributed by atoms with Crippen LogP contribution in [0.3, 0.4) is 0 Å². The van der Waals surface area contributed by atoms with Gasteiger partial charge in [-0.3, -0.25) is 4.98 Å². The van der Waals surface area contributed by atoms with Crippen LogP contribution in [0.1, 0.15) is 17.0 Å². The highest BCUT2D eigenvalue weighted by Crippen LogP contribution is 2.20. The molecule has 1 aromatic carbocycles. The molecule has 0 saturated heterocycles. The van der Waals surface area contributed by atoms with Gasteiger partial charge in [-0.05, 0) is 36.2 Å².